The average Bonchev–Trinajstić information content (AvgIpc) is 2.84. The summed E-state index contributed by atoms with van der Waals surface area (Å²) in [7, 11) is -0.786. The van der Waals surface area contributed by atoms with Crippen LogP contribution in [0.15, 0.2) is 0 Å². The van der Waals surface area contributed by atoms with Gasteiger partial charge >= 0.3 is 14.1 Å². The number of nitrogens with one attached hydrogen (secondary N) is 1. The molecule has 1 N–H and O–H groups in total. The van der Waals surface area contributed by atoms with Crippen molar-refractivity contribution in [3.8, 4) is 0 Å². The fraction of sp³-hybridized carbons (Fsp3) is 0.909. The van der Waals surface area contributed by atoms with Crippen molar-refractivity contribution < 1.29 is 23.4 Å². The van der Waals surface area contributed by atoms with Gasteiger partial charge in [-0.05, 0) is 29.7 Å². The van der Waals surface area contributed by atoms with Crippen LogP contribution < -0.4 is 5.09 Å². The van der Waals surface area contributed by atoms with Gasteiger partial charge in [0.05, 0.1) is 19.3 Å². The number of carbonyl (C=O) groups is 1. The average molecular weight is 276 g/mol. The van der Waals surface area contributed by atoms with Crippen molar-refractivity contribution in [2.24, 2.45) is 5.41 Å². The van der Waals surface area contributed by atoms with E-state index in [0.717, 1.165) is 12.8 Å². The number of hydrogen-bond donors (Lipinski definition) is 1. The Bertz CT molecular complexity index is 363. The molecule has 1 unspecified atom stereocenters. The van der Waals surface area contributed by atoms with Gasteiger partial charge in [-0.3, -0.25) is 4.79 Å². The van der Waals surface area contributed by atoms with Crippen molar-refractivity contribution in [3.05, 3.63) is 0 Å². The second-order valence-corrected chi connectivity index (χ2v) is 6.27. The molecule has 18 heavy (non-hydrogen) atoms. The van der Waals surface area contributed by atoms with Gasteiger partial charge in [0.2, 0.25) is 0 Å². The molecule has 0 spiro atoms. The molecular weight excluding hydrogens is 257 g/mol. The first-order valence-electron chi connectivity index (χ1n) is 6.04. The molecule has 2 rings (SSSR count). The van der Waals surface area contributed by atoms with Crippen molar-refractivity contribution in [2.75, 3.05) is 13.7 Å². The molecule has 0 radical (unpaired) electrons. The highest BCUT2D eigenvalue weighted by Gasteiger charge is 2.58. The normalized spacial score (nSPS) is 35.8. The Balaban J connectivity index is 1.65. The van der Waals surface area contributed by atoms with E-state index in [9.17, 15) is 9.36 Å². The van der Waals surface area contributed by atoms with E-state index in [0.29, 0.717) is 18.1 Å². The van der Waals surface area contributed by atoms with E-state index >= 15 is 0 Å². The van der Waals surface area contributed by atoms with Crippen LogP contribution in [0.3, 0.4) is 0 Å². The third-order valence-electron chi connectivity index (χ3n) is 3.55. The van der Waals surface area contributed by atoms with Crippen LogP contribution in [0.4, 0.5) is 0 Å². The molecule has 1 aliphatic carbocycles. The molecule has 0 aromatic rings. The lowest BCUT2D eigenvalue weighted by Gasteiger charge is -2.09. The summed E-state index contributed by atoms with van der Waals surface area (Å²) in [5, 5.41) is 2.54. The van der Waals surface area contributed by atoms with E-state index in [1.165, 1.54) is 7.11 Å². The monoisotopic (exact) mass is 276 g/mol. The number of rotatable bonds is 6. The van der Waals surface area contributed by atoms with E-state index in [1.807, 2.05) is 0 Å². The summed E-state index contributed by atoms with van der Waals surface area (Å²) in [5.41, 5.74) is 0.312. The summed E-state index contributed by atoms with van der Waals surface area (Å²) in [5.74, 6) is -0.465. The largest absolute Gasteiger partial charge is 0.613 e. The molecule has 5 atom stereocenters. The molecule has 7 heteroatoms. The van der Waals surface area contributed by atoms with Crippen LogP contribution in [0.1, 0.15) is 26.7 Å². The van der Waals surface area contributed by atoms with Gasteiger partial charge in [-0.1, -0.05) is 12.0 Å². The minimum atomic E-state index is -2.07. The van der Waals surface area contributed by atoms with E-state index in [1.54, 1.807) is 6.92 Å². The number of fused-ring (bicyclic) bond motifs is 1. The number of carbonyl (C=O) groups excluding carboxylic acids is 1. The third-order valence-corrected chi connectivity index (χ3v) is 4.53. The standard InChI is InChI=1S/C11H19NO5P/c1-7(10(13)15-3)12-18(14)16-6-8-4-11(2)5-9(11)17-8/h7-9H,4-6H2,1-3H3,(H,12,14)/q+1/t7-,8+,9+,11+/m1/s1. The lowest BCUT2D eigenvalue weighted by Crippen LogP contribution is -2.30. The molecule has 2 fully saturated rings. The number of ether oxygens (including phenoxy) is 2. The Hall–Kier alpha value is -0.550. The van der Waals surface area contributed by atoms with Crippen LogP contribution in [-0.4, -0.2) is 37.9 Å². The van der Waals surface area contributed by atoms with Crippen LogP contribution in [0, 0.1) is 5.41 Å². The quantitative estimate of drug-likeness (QED) is 0.583. The zero-order valence-corrected chi connectivity index (χ0v) is 11.7. The molecule has 1 saturated carbocycles. The Morgan fingerprint density at radius 3 is 2.89 bits per heavy atom. The van der Waals surface area contributed by atoms with Gasteiger partial charge in [0.15, 0.2) is 0 Å². The first-order chi connectivity index (χ1) is 8.44. The minimum absolute atomic E-state index is 0.0166. The summed E-state index contributed by atoms with van der Waals surface area (Å²) in [4.78, 5) is 11.1. The number of esters is 1. The first-order valence-corrected chi connectivity index (χ1v) is 7.22. The molecule has 6 nitrogen and oxygen atoms in total. The van der Waals surface area contributed by atoms with Gasteiger partial charge in [0, 0.05) is 0 Å². The Labute approximate surface area is 107 Å². The van der Waals surface area contributed by atoms with Crippen molar-refractivity contribution in [3.63, 3.8) is 0 Å². The topological polar surface area (TPSA) is 73.9 Å². The highest BCUT2D eigenvalue weighted by Crippen LogP contribution is 2.57. The van der Waals surface area contributed by atoms with Gasteiger partial charge in [-0.15, -0.1) is 4.52 Å². The SMILES string of the molecule is COC(=O)[C@@H](C)N[P+](=O)OC[C@@H]1C[C@@]2(C)C[C@@H]2O1. The minimum Gasteiger partial charge on any atom is -0.468 e. The Morgan fingerprint density at radius 1 is 1.61 bits per heavy atom. The number of methoxy groups -OCH3 is 1. The van der Waals surface area contributed by atoms with E-state index < -0.39 is 20.2 Å². The summed E-state index contributed by atoms with van der Waals surface area (Å²) in [6.07, 6.45) is 2.44. The van der Waals surface area contributed by atoms with Gasteiger partial charge < -0.3 is 9.47 Å². The Kier molecular flexibility index (Phi) is 4.02. The fourth-order valence-corrected chi connectivity index (χ4v) is 3.06. The van der Waals surface area contributed by atoms with Crippen molar-refractivity contribution in [2.45, 2.75) is 44.9 Å². The lowest BCUT2D eigenvalue weighted by atomic mass is 10.0. The van der Waals surface area contributed by atoms with E-state index in [4.69, 9.17) is 9.26 Å². The molecular formula is C11H19NO5P+. The molecule has 1 saturated heterocycles. The predicted octanol–water partition coefficient (Wildman–Crippen LogP) is 1.38. The lowest BCUT2D eigenvalue weighted by molar-refractivity contribution is -0.142. The molecule has 1 heterocycles. The third kappa shape index (κ3) is 3.06. The maximum Gasteiger partial charge on any atom is 0.613 e. The van der Waals surface area contributed by atoms with Crippen LogP contribution >= 0.6 is 8.18 Å². The van der Waals surface area contributed by atoms with Gasteiger partial charge in [0.25, 0.3) is 0 Å². The van der Waals surface area contributed by atoms with Gasteiger partial charge in [-0.2, -0.15) is 0 Å². The smallest absolute Gasteiger partial charge is 0.468 e. The van der Waals surface area contributed by atoms with Gasteiger partial charge in [-0.25, -0.2) is 0 Å². The predicted molar refractivity (Wildman–Crippen MR) is 64.2 cm³/mol. The molecule has 0 aromatic heterocycles. The van der Waals surface area contributed by atoms with E-state index in [-0.39, 0.29) is 6.10 Å². The zero-order valence-electron chi connectivity index (χ0n) is 10.8. The summed E-state index contributed by atoms with van der Waals surface area (Å²) >= 11 is 0. The van der Waals surface area contributed by atoms with Crippen LogP contribution in [0.2, 0.25) is 0 Å². The van der Waals surface area contributed by atoms with Crippen molar-refractivity contribution in [1.29, 1.82) is 0 Å². The molecule has 0 bridgehead atoms. The Morgan fingerprint density at radius 2 is 2.33 bits per heavy atom. The molecule has 0 aromatic carbocycles. The van der Waals surface area contributed by atoms with Crippen LogP contribution in [0.5, 0.6) is 0 Å². The first kappa shape index (κ1) is 13.9. The number of hydrogen-bond acceptors (Lipinski definition) is 5. The summed E-state index contributed by atoms with van der Waals surface area (Å²) < 4.78 is 26.9. The maximum absolute atomic E-state index is 11.6. The molecule has 1 aliphatic heterocycles. The van der Waals surface area contributed by atoms with Crippen LogP contribution in [-0.2, 0) is 23.4 Å². The summed E-state index contributed by atoms with van der Waals surface area (Å²) in [6, 6.07) is -0.644. The maximum atomic E-state index is 11.6. The second-order valence-electron chi connectivity index (χ2n) is 5.24. The summed E-state index contributed by atoms with van der Waals surface area (Å²) in [6.45, 7) is 4.06. The molecule has 0 amide bonds. The fourth-order valence-electron chi connectivity index (χ4n) is 2.27. The van der Waals surface area contributed by atoms with Gasteiger partial charge in [0.1, 0.15) is 12.6 Å². The zero-order chi connectivity index (χ0) is 13.3. The van der Waals surface area contributed by atoms with Crippen LogP contribution in [0.25, 0.3) is 0 Å². The van der Waals surface area contributed by atoms with Crippen molar-refractivity contribution >= 4 is 14.1 Å². The highest BCUT2D eigenvalue weighted by atomic mass is 31.1. The van der Waals surface area contributed by atoms with E-state index in [2.05, 4.69) is 16.7 Å². The highest BCUT2D eigenvalue weighted by molar-refractivity contribution is 7.36. The second kappa shape index (κ2) is 5.21. The van der Waals surface area contributed by atoms with Crippen molar-refractivity contribution in [1.82, 2.24) is 5.09 Å². The molecule has 2 aliphatic rings. The molecule has 102 valence electrons.